The summed E-state index contributed by atoms with van der Waals surface area (Å²) in [6.45, 7) is 3.71. The van der Waals surface area contributed by atoms with Crippen LogP contribution in [0, 0.1) is 0 Å². The number of methoxy groups -OCH3 is 1. The Hall–Kier alpha value is -1.63. The second kappa shape index (κ2) is 8.61. The van der Waals surface area contributed by atoms with Crippen molar-refractivity contribution in [2.45, 2.75) is 12.8 Å². The van der Waals surface area contributed by atoms with Crippen LogP contribution in [0.1, 0.15) is 28.8 Å². The summed E-state index contributed by atoms with van der Waals surface area (Å²) >= 11 is 3.03. The molecule has 3 nitrogen and oxygen atoms in total. The molecule has 0 aliphatic rings. The molecule has 0 saturated heterocycles. The van der Waals surface area contributed by atoms with Gasteiger partial charge in [-0.1, -0.05) is 0 Å². The molecule has 4 heteroatoms. The van der Waals surface area contributed by atoms with Crippen LogP contribution < -0.4 is 0 Å². The van der Waals surface area contributed by atoms with Crippen molar-refractivity contribution in [1.29, 1.82) is 0 Å². The average Bonchev–Trinajstić information content (AvgIpc) is 2.50. The molecule has 0 fully saturated rings. The number of carbonyl (C=O) groups is 1. The van der Waals surface area contributed by atoms with E-state index in [1.165, 1.54) is 0 Å². The standard InChI is InChI=1S/C17H21NO2.Cr/c1-5-6-10-15(20-4)13-12-14-9-7-8-11-16(14)17(19)18(2)3;/h5,7-9,11,13H,1,6,10H2,2-4H3;/b15-13+;. The number of benzene rings is 1. The number of hydrogen-bond acceptors (Lipinski definition) is 2. The maximum absolute atomic E-state index is 12.2. The van der Waals surface area contributed by atoms with Crippen molar-refractivity contribution in [3.8, 4) is 0 Å². The first-order chi connectivity index (χ1) is 10.0. The van der Waals surface area contributed by atoms with E-state index in [0.29, 0.717) is 5.56 Å². The summed E-state index contributed by atoms with van der Waals surface area (Å²) in [5.41, 5.74) is 1.55. The Morgan fingerprint density at radius 2 is 1.95 bits per heavy atom. The normalized spacial score (nSPS) is 10.9. The van der Waals surface area contributed by atoms with Gasteiger partial charge in [-0.3, -0.25) is 0 Å². The number of amides is 1. The third-order valence-corrected chi connectivity index (χ3v) is 3.51. The topological polar surface area (TPSA) is 29.5 Å². The summed E-state index contributed by atoms with van der Waals surface area (Å²) in [4.78, 5) is 13.8. The van der Waals surface area contributed by atoms with Crippen LogP contribution in [0.4, 0.5) is 0 Å². The zero-order valence-electron chi connectivity index (χ0n) is 12.8. The molecular weight excluding hydrogens is 302 g/mol. The van der Waals surface area contributed by atoms with E-state index in [1.807, 2.05) is 36.4 Å². The van der Waals surface area contributed by atoms with Gasteiger partial charge in [-0.15, -0.1) is 0 Å². The van der Waals surface area contributed by atoms with Crippen LogP contribution in [0.2, 0.25) is 0 Å². The number of rotatable bonds is 7. The molecule has 21 heavy (non-hydrogen) atoms. The molecule has 1 aromatic carbocycles. The fourth-order valence-electron chi connectivity index (χ4n) is 1.83. The van der Waals surface area contributed by atoms with Crippen molar-refractivity contribution in [2.24, 2.45) is 0 Å². The van der Waals surface area contributed by atoms with Gasteiger partial charge in [-0.25, -0.2) is 0 Å². The van der Waals surface area contributed by atoms with Crippen LogP contribution in [-0.4, -0.2) is 36.4 Å². The van der Waals surface area contributed by atoms with Gasteiger partial charge in [0, 0.05) is 0 Å². The summed E-state index contributed by atoms with van der Waals surface area (Å²) in [5, 5.41) is 0. The minimum atomic E-state index is -0.0168. The van der Waals surface area contributed by atoms with Crippen LogP contribution in [0.25, 0.3) is 0 Å². The third-order valence-electron chi connectivity index (χ3n) is 2.98. The molecular formula is C17H21CrNO2. The van der Waals surface area contributed by atoms with Crippen LogP contribution in [0.3, 0.4) is 0 Å². The Balaban J connectivity index is 3.10. The Kier molecular flexibility index (Phi) is 7.15. The minimum absolute atomic E-state index is 0.0168. The molecule has 0 N–H and O–H groups in total. The van der Waals surface area contributed by atoms with Crippen LogP contribution in [0.5, 0.6) is 0 Å². The van der Waals surface area contributed by atoms with Crippen LogP contribution in [0.15, 0.2) is 48.8 Å². The molecule has 0 bridgehead atoms. The summed E-state index contributed by atoms with van der Waals surface area (Å²) in [6.07, 6.45) is 5.43. The second-order valence-electron chi connectivity index (χ2n) is 4.75. The number of ether oxygens (including phenoxy) is 1. The van der Waals surface area contributed by atoms with Gasteiger partial charge < -0.3 is 0 Å². The zero-order valence-corrected chi connectivity index (χ0v) is 14.0. The third kappa shape index (κ3) is 5.00. The van der Waals surface area contributed by atoms with E-state index in [1.54, 1.807) is 26.1 Å². The number of carbonyl (C=O) groups excluding carboxylic acids is 1. The fourth-order valence-corrected chi connectivity index (χ4v) is 2.31. The predicted molar refractivity (Wildman–Crippen MR) is 83.1 cm³/mol. The molecule has 1 aromatic rings. The van der Waals surface area contributed by atoms with Crippen molar-refractivity contribution < 1.29 is 25.4 Å². The van der Waals surface area contributed by atoms with E-state index >= 15 is 0 Å². The molecule has 0 spiro atoms. The number of allylic oxidation sites excluding steroid dienone is 3. The van der Waals surface area contributed by atoms with Gasteiger partial charge in [-0.2, -0.15) is 0 Å². The Morgan fingerprint density at radius 3 is 2.48 bits per heavy atom. The predicted octanol–water partition coefficient (Wildman–Crippen LogP) is 2.95. The quantitative estimate of drug-likeness (QED) is 0.570. The number of nitrogens with zero attached hydrogens (tertiary/aromatic N) is 1. The van der Waals surface area contributed by atoms with E-state index in [4.69, 9.17) is 4.74 Å². The van der Waals surface area contributed by atoms with Gasteiger partial charge in [0.2, 0.25) is 0 Å². The molecule has 0 radical (unpaired) electrons. The molecule has 112 valence electrons. The van der Waals surface area contributed by atoms with E-state index in [-0.39, 0.29) is 5.91 Å². The van der Waals surface area contributed by atoms with Crippen molar-refractivity contribution in [2.75, 3.05) is 21.2 Å². The first-order valence-electron chi connectivity index (χ1n) is 6.71. The maximum atomic E-state index is 12.2. The summed E-state index contributed by atoms with van der Waals surface area (Å²) in [5.74, 6) is 0.840. The van der Waals surface area contributed by atoms with Gasteiger partial charge in [0.25, 0.3) is 0 Å². The van der Waals surface area contributed by atoms with E-state index in [9.17, 15) is 4.79 Å². The first-order valence-corrected chi connectivity index (χ1v) is 7.35. The van der Waals surface area contributed by atoms with Crippen molar-refractivity contribution in [3.63, 3.8) is 0 Å². The molecule has 1 rings (SSSR count). The molecule has 0 unspecified atom stereocenters. The SMILES string of the molecule is C=CCC/C(=C\[C](=[Cr])c1ccccc1C(=O)N(C)C)OC. The fraction of sp³-hybridized carbons (Fsp3) is 0.294. The molecule has 0 aromatic heterocycles. The Bertz CT molecular complexity index is 562. The van der Waals surface area contributed by atoms with E-state index in [2.05, 4.69) is 22.4 Å². The van der Waals surface area contributed by atoms with Crippen LogP contribution in [-0.2, 0) is 20.6 Å². The summed E-state index contributed by atoms with van der Waals surface area (Å²) in [6, 6.07) is 7.55. The van der Waals surface area contributed by atoms with Gasteiger partial charge in [0.1, 0.15) is 0 Å². The van der Waals surface area contributed by atoms with Gasteiger partial charge in [0.05, 0.1) is 0 Å². The molecule has 1 amide bonds. The van der Waals surface area contributed by atoms with Gasteiger partial charge >= 0.3 is 134 Å². The summed E-state index contributed by atoms with van der Waals surface area (Å²) in [7, 11) is 5.15. The van der Waals surface area contributed by atoms with E-state index in [0.717, 1.165) is 28.5 Å². The average molecular weight is 323 g/mol. The van der Waals surface area contributed by atoms with Crippen molar-refractivity contribution in [1.82, 2.24) is 4.90 Å². The molecule has 0 aliphatic carbocycles. The molecule has 0 atom stereocenters. The van der Waals surface area contributed by atoms with E-state index < -0.39 is 0 Å². The van der Waals surface area contributed by atoms with Crippen molar-refractivity contribution in [3.05, 3.63) is 59.9 Å². The zero-order chi connectivity index (χ0) is 15.8. The molecule has 0 aliphatic heterocycles. The Labute approximate surface area is 134 Å². The summed E-state index contributed by atoms with van der Waals surface area (Å²) < 4.78 is 6.26. The number of hydrogen-bond donors (Lipinski definition) is 0. The molecule has 0 saturated carbocycles. The monoisotopic (exact) mass is 323 g/mol. The van der Waals surface area contributed by atoms with Crippen LogP contribution >= 0.6 is 0 Å². The van der Waals surface area contributed by atoms with Gasteiger partial charge in [0.15, 0.2) is 0 Å². The first kappa shape index (κ1) is 17.4. The second-order valence-corrected chi connectivity index (χ2v) is 5.44. The van der Waals surface area contributed by atoms with Gasteiger partial charge in [-0.05, 0) is 0 Å². The Morgan fingerprint density at radius 1 is 1.33 bits per heavy atom. The van der Waals surface area contributed by atoms with Crippen molar-refractivity contribution >= 4 is 10.3 Å². The molecule has 0 heterocycles.